The normalized spacial score (nSPS) is 15.4. The summed E-state index contributed by atoms with van der Waals surface area (Å²) < 4.78 is 11.0. The summed E-state index contributed by atoms with van der Waals surface area (Å²) in [6.07, 6.45) is -0.618. The van der Waals surface area contributed by atoms with Gasteiger partial charge in [-0.05, 0) is 37.3 Å². The van der Waals surface area contributed by atoms with Gasteiger partial charge in [0.1, 0.15) is 11.5 Å². The van der Waals surface area contributed by atoms with Gasteiger partial charge in [0.05, 0.1) is 12.1 Å². The lowest BCUT2D eigenvalue weighted by Crippen LogP contribution is -2.52. The van der Waals surface area contributed by atoms with E-state index in [0.717, 1.165) is 24.5 Å². The number of nitrogens with zero attached hydrogens (tertiary/aromatic N) is 2. The van der Waals surface area contributed by atoms with Gasteiger partial charge in [0.2, 0.25) is 0 Å². The van der Waals surface area contributed by atoms with E-state index in [1.807, 2.05) is 29.2 Å². The first-order chi connectivity index (χ1) is 13.0. The van der Waals surface area contributed by atoms with Crippen molar-refractivity contribution in [3.8, 4) is 11.5 Å². The number of carbonyl (C=O) groups is 1. The minimum atomic E-state index is -0.618. The zero-order valence-corrected chi connectivity index (χ0v) is 16.8. The van der Waals surface area contributed by atoms with Gasteiger partial charge in [0, 0.05) is 43.0 Å². The molecule has 1 atom stereocenters. The lowest BCUT2D eigenvalue weighted by molar-refractivity contribution is -0.138. The third-order valence-corrected chi connectivity index (χ3v) is 5.09. The smallest absolute Gasteiger partial charge is 0.263 e. The van der Waals surface area contributed by atoms with Gasteiger partial charge in [0.15, 0.2) is 6.10 Å². The number of methoxy groups -OCH3 is 1. The molecular formula is C20H22Cl2N2O3. The predicted octanol–water partition coefficient (Wildman–Crippen LogP) is 4.12. The molecule has 0 bridgehead atoms. The van der Waals surface area contributed by atoms with Crippen LogP contribution in [-0.4, -0.2) is 50.2 Å². The van der Waals surface area contributed by atoms with Gasteiger partial charge in [-0.3, -0.25) is 4.79 Å². The molecule has 0 aliphatic carbocycles. The highest BCUT2D eigenvalue weighted by Crippen LogP contribution is 2.28. The van der Waals surface area contributed by atoms with Crippen molar-refractivity contribution in [3.05, 3.63) is 52.5 Å². The minimum Gasteiger partial charge on any atom is -0.497 e. The van der Waals surface area contributed by atoms with Crippen LogP contribution in [0, 0.1) is 0 Å². The fourth-order valence-electron chi connectivity index (χ4n) is 3.06. The zero-order valence-electron chi connectivity index (χ0n) is 15.3. The van der Waals surface area contributed by atoms with Crippen molar-refractivity contribution in [2.45, 2.75) is 13.0 Å². The van der Waals surface area contributed by atoms with Crippen molar-refractivity contribution in [2.75, 3.05) is 38.2 Å². The van der Waals surface area contributed by atoms with Crippen molar-refractivity contribution in [2.24, 2.45) is 0 Å². The summed E-state index contributed by atoms with van der Waals surface area (Å²) in [7, 11) is 1.66. The number of piperazine rings is 1. The van der Waals surface area contributed by atoms with E-state index in [0.29, 0.717) is 28.9 Å². The second-order valence-corrected chi connectivity index (χ2v) is 7.19. The Bertz CT molecular complexity index is 808. The highest BCUT2D eigenvalue weighted by Gasteiger charge is 2.26. The maximum atomic E-state index is 12.7. The molecule has 7 heteroatoms. The van der Waals surface area contributed by atoms with Crippen molar-refractivity contribution < 1.29 is 14.3 Å². The first-order valence-electron chi connectivity index (χ1n) is 8.77. The van der Waals surface area contributed by atoms with Crippen molar-refractivity contribution in [3.63, 3.8) is 0 Å². The van der Waals surface area contributed by atoms with Gasteiger partial charge < -0.3 is 19.3 Å². The van der Waals surface area contributed by atoms with Gasteiger partial charge in [-0.2, -0.15) is 0 Å². The lowest BCUT2D eigenvalue weighted by Gasteiger charge is -2.37. The molecule has 27 heavy (non-hydrogen) atoms. The number of carbonyl (C=O) groups excluding carboxylic acids is 1. The topological polar surface area (TPSA) is 42.0 Å². The Kier molecular flexibility index (Phi) is 6.34. The second kappa shape index (κ2) is 8.72. The minimum absolute atomic E-state index is 0.0497. The fourth-order valence-corrected chi connectivity index (χ4v) is 3.51. The quantitative estimate of drug-likeness (QED) is 0.745. The van der Waals surface area contributed by atoms with Crippen LogP contribution in [0.1, 0.15) is 6.92 Å². The van der Waals surface area contributed by atoms with Crippen LogP contribution in [0.2, 0.25) is 10.0 Å². The van der Waals surface area contributed by atoms with E-state index in [9.17, 15) is 4.79 Å². The Labute approximate surface area is 169 Å². The first kappa shape index (κ1) is 19.6. The van der Waals surface area contributed by atoms with E-state index < -0.39 is 6.10 Å². The Hall–Kier alpha value is -2.11. The molecule has 0 N–H and O–H groups in total. The van der Waals surface area contributed by atoms with Crippen LogP contribution in [0.5, 0.6) is 11.5 Å². The van der Waals surface area contributed by atoms with Crippen LogP contribution in [-0.2, 0) is 4.79 Å². The van der Waals surface area contributed by atoms with Crippen LogP contribution in [0.3, 0.4) is 0 Å². The third kappa shape index (κ3) is 4.79. The number of hydrogen-bond acceptors (Lipinski definition) is 4. The number of benzene rings is 2. The molecule has 0 radical (unpaired) electrons. The molecule has 2 aromatic rings. The Morgan fingerprint density at radius 3 is 2.48 bits per heavy atom. The highest BCUT2D eigenvalue weighted by atomic mass is 35.5. The fraction of sp³-hybridized carbons (Fsp3) is 0.350. The highest BCUT2D eigenvalue weighted by molar-refractivity contribution is 6.35. The average Bonchev–Trinajstić information content (AvgIpc) is 2.69. The van der Waals surface area contributed by atoms with Crippen LogP contribution in [0.25, 0.3) is 0 Å². The van der Waals surface area contributed by atoms with Gasteiger partial charge in [-0.15, -0.1) is 0 Å². The number of ether oxygens (including phenoxy) is 2. The Morgan fingerprint density at radius 1 is 1.07 bits per heavy atom. The molecule has 0 saturated carbocycles. The Morgan fingerprint density at radius 2 is 1.81 bits per heavy atom. The van der Waals surface area contributed by atoms with E-state index in [1.165, 1.54) is 0 Å². The van der Waals surface area contributed by atoms with Crippen LogP contribution in [0.4, 0.5) is 5.69 Å². The molecule has 144 valence electrons. The summed E-state index contributed by atoms with van der Waals surface area (Å²) in [6.45, 7) is 4.53. The van der Waals surface area contributed by atoms with Crippen molar-refractivity contribution >= 4 is 34.8 Å². The SMILES string of the molecule is COc1cccc(N2CCN(C(=O)C(C)Oc3ccc(Cl)cc3Cl)CC2)c1. The molecule has 0 spiro atoms. The van der Waals surface area contributed by atoms with Crippen molar-refractivity contribution in [1.82, 2.24) is 4.90 Å². The number of amides is 1. The molecular weight excluding hydrogens is 387 g/mol. The molecule has 1 aliphatic rings. The largest absolute Gasteiger partial charge is 0.497 e. The summed E-state index contributed by atoms with van der Waals surface area (Å²) >= 11 is 12.0. The third-order valence-electron chi connectivity index (χ3n) is 4.56. The number of rotatable bonds is 5. The summed E-state index contributed by atoms with van der Waals surface area (Å²) in [4.78, 5) is 16.8. The molecule has 1 saturated heterocycles. The zero-order chi connectivity index (χ0) is 19.4. The Balaban J connectivity index is 1.57. The van der Waals surface area contributed by atoms with Crippen LogP contribution in [0.15, 0.2) is 42.5 Å². The predicted molar refractivity (Wildman–Crippen MR) is 108 cm³/mol. The molecule has 3 rings (SSSR count). The van der Waals surface area contributed by atoms with E-state index in [4.69, 9.17) is 32.7 Å². The van der Waals surface area contributed by atoms with Crippen LogP contribution < -0.4 is 14.4 Å². The monoisotopic (exact) mass is 408 g/mol. The molecule has 5 nitrogen and oxygen atoms in total. The van der Waals surface area contributed by atoms with E-state index >= 15 is 0 Å². The molecule has 1 aliphatic heterocycles. The van der Waals surface area contributed by atoms with Crippen LogP contribution >= 0.6 is 23.2 Å². The van der Waals surface area contributed by atoms with Gasteiger partial charge in [-0.25, -0.2) is 0 Å². The van der Waals surface area contributed by atoms with E-state index in [1.54, 1.807) is 32.2 Å². The molecule has 1 fully saturated rings. The summed E-state index contributed by atoms with van der Waals surface area (Å²) in [5, 5.41) is 0.921. The van der Waals surface area contributed by atoms with Gasteiger partial charge in [0.25, 0.3) is 5.91 Å². The maximum Gasteiger partial charge on any atom is 0.263 e. The van der Waals surface area contributed by atoms with Gasteiger partial charge in [-0.1, -0.05) is 29.3 Å². The molecule has 2 aromatic carbocycles. The summed E-state index contributed by atoms with van der Waals surface area (Å²) in [5.74, 6) is 1.23. The standard InChI is InChI=1S/C20H22Cl2N2O3/c1-14(27-19-7-6-15(21)12-18(19)22)20(25)24-10-8-23(9-11-24)16-4-3-5-17(13-16)26-2/h3-7,12-14H,8-11H2,1-2H3. The molecule has 1 unspecified atom stereocenters. The number of hydrogen-bond donors (Lipinski definition) is 0. The second-order valence-electron chi connectivity index (χ2n) is 6.35. The summed E-state index contributed by atoms with van der Waals surface area (Å²) in [6, 6.07) is 12.9. The molecule has 1 amide bonds. The average molecular weight is 409 g/mol. The molecule has 0 aromatic heterocycles. The van der Waals surface area contributed by atoms with Crippen molar-refractivity contribution in [1.29, 1.82) is 0 Å². The first-order valence-corrected chi connectivity index (χ1v) is 9.53. The number of halogens is 2. The molecule has 1 heterocycles. The van der Waals surface area contributed by atoms with E-state index in [2.05, 4.69) is 4.90 Å². The lowest BCUT2D eigenvalue weighted by atomic mass is 10.2. The summed E-state index contributed by atoms with van der Waals surface area (Å²) in [5.41, 5.74) is 1.10. The maximum absolute atomic E-state index is 12.7. The van der Waals surface area contributed by atoms with E-state index in [-0.39, 0.29) is 5.91 Å². The van der Waals surface area contributed by atoms with Gasteiger partial charge >= 0.3 is 0 Å². The number of anilines is 1.